The summed E-state index contributed by atoms with van der Waals surface area (Å²) in [5.74, 6) is 0.873. The van der Waals surface area contributed by atoms with Gasteiger partial charge in [0, 0.05) is 26.9 Å². The van der Waals surface area contributed by atoms with E-state index in [1.165, 1.54) is 60.1 Å². The molecule has 7 aromatic carbocycles. The molecule has 43 heavy (non-hydrogen) atoms. The van der Waals surface area contributed by atoms with E-state index in [1.54, 1.807) is 0 Å². The third-order valence-electron chi connectivity index (χ3n) is 9.16. The van der Waals surface area contributed by atoms with E-state index < -0.39 is 0 Å². The topological polar surface area (TPSA) is 21.7 Å². The fourth-order valence-electron chi connectivity index (χ4n) is 7.41. The fourth-order valence-corrected chi connectivity index (χ4v) is 7.41. The third-order valence-corrected chi connectivity index (χ3v) is 9.16. The normalized spacial score (nSPS) is 12.2. The Morgan fingerprint density at radius 3 is 1.93 bits per heavy atom. The van der Waals surface area contributed by atoms with Crippen LogP contribution in [-0.4, -0.2) is 9.55 Å². The smallest absolute Gasteiger partial charge is 0.201 e. The van der Waals surface area contributed by atoms with Gasteiger partial charge in [0.05, 0.1) is 6.20 Å². The van der Waals surface area contributed by atoms with Gasteiger partial charge in [0.1, 0.15) is 16.7 Å². The second kappa shape index (κ2) is 8.37. The Labute approximate surface area is 247 Å². The molecule has 0 fully saturated rings. The van der Waals surface area contributed by atoms with E-state index in [-0.39, 0.29) is 0 Å². The summed E-state index contributed by atoms with van der Waals surface area (Å²) >= 11 is 0. The lowest BCUT2D eigenvalue weighted by Crippen LogP contribution is -2.37. The molecule has 0 aliphatic heterocycles. The molecule has 0 saturated carbocycles. The molecule has 3 nitrogen and oxygen atoms in total. The summed E-state index contributed by atoms with van der Waals surface area (Å²) in [7, 11) is 0. The van der Waals surface area contributed by atoms with Crippen LogP contribution in [0.15, 0.2) is 146 Å². The molecule has 2 aromatic heterocycles. The van der Waals surface area contributed by atoms with Crippen LogP contribution >= 0.6 is 0 Å². The maximum absolute atomic E-state index is 5.42. The molecule has 0 bridgehead atoms. The zero-order valence-electron chi connectivity index (χ0n) is 23.2. The van der Waals surface area contributed by atoms with Crippen molar-refractivity contribution < 1.29 is 4.57 Å². The van der Waals surface area contributed by atoms with Crippen LogP contribution in [0, 0.1) is 0 Å². The number of hydrogen-bond donors (Lipinski definition) is 0. The van der Waals surface area contributed by atoms with Gasteiger partial charge in [-0.15, -0.1) is 0 Å². The summed E-state index contributed by atoms with van der Waals surface area (Å²) in [6, 6.07) is 50.3. The van der Waals surface area contributed by atoms with Gasteiger partial charge in [-0.2, -0.15) is 4.57 Å². The van der Waals surface area contributed by atoms with Crippen molar-refractivity contribution in [2.45, 2.75) is 0 Å². The van der Waals surface area contributed by atoms with Crippen LogP contribution < -0.4 is 4.57 Å². The Kier molecular flexibility index (Phi) is 4.45. The SMILES string of the molecule is c1ccc(-[n+]2cc3ccccc3nc2-n2c3cccc4c3c3c5c(cccc5c5ccccc5c32)-c2ccccc2-4)cc1. The first kappa shape index (κ1) is 22.8. The van der Waals surface area contributed by atoms with Crippen LogP contribution in [-0.2, 0) is 0 Å². The number of rotatable bonds is 2. The van der Waals surface area contributed by atoms with Gasteiger partial charge in [-0.25, -0.2) is 4.57 Å². The zero-order chi connectivity index (χ0) is 28.1. The standard InChI is InChI=1S/C40H24N3/c1-2-13-26(14-3-1)42-24-25-12-4-9-22-34(25)41-40(42)43-35-23-11-21-32-28-16-6-5-15-27(28)30-19-10-20-31-29-17-7-8-18-33(29)39(43)38(36(30)31)37(32)35/h1-24H/q+1. The van der Waals surface area contributed by atoms with Gasteiger partial charge in [-0.3, -0.25) is 0 Å². The predicted octanol–water partition coefficient (Wildman–Crippen LogP) is 9.56. The van der Waals surface area contributed by atoms with Crippen LogP contribution in [0.1, 0.15) is 0 Å². The zero-order valence-corrected chi connectivity index (χ0v) is 23.2. The first-order chi connectivity index (χ1) is 21.4. The van der Waals surface area contributed by atoms with Gasteiger partial charge in [-0.1, -0.05) is 114 Å². The van der Waals surface area contributed by atoms with Crippen molar-refractivity contribution >= 4 is 54.3 Å². The first-order valence-electron chi connectivity index (χ1n) is 14.7. The van der Waals surface area contributed by atoms with Gasteiger partial charge >= 0.3 is 5.95 Å². The van der Waals surface area contributed by atoms with E-state index >= 15 is 0 Å². The summed E-state index contributed by atoms with van der Waals surface area (Å²) < 4.78 is 4.67. The second-order valence-corrected chi connectivity index (χ2v) is 11.4. The molecule has 9 aromatic rings. The minimum Gasteiger partial charge on any atom is -0.201 e. The van der Waals surface area contributed by atoms with E-state index in [9.17, 15) is 0 Å². The number of aromatic nitrogens is 3. The molecule has 2 heterocycles. The van der Waals surface area contributed by atoms with E-state index in [2.05, 4.69) is 155 Å². The van der Waals surface area contributed by atoms with Gasteiger partial charge in [0.2, 0.25) is 0 Å². The van der Waals surface area contributed by atoms with Crippen molar-refractivity contribution in [2.75, 3.05) is 0 Å². The first-order valence-corrected chi connectivity index (χ1v) is 14.7. The molecule has 198 valence electrons. The number of fused-ring (bicyclic) bond motifs is 7. The molecular formula is C40H24N3+. The van der Waals surface area contributed by atoms with Gasteiger partial charge in [0.15, 0.2) is 5.52 Å². The summed E-state index contributed by atoms with van der Waals surface area (Å²) in [5, 5.41) is 8.75. The van der Waals surface area contributed by atoms with Crippen molar-refractivity contribution in [3.8, 4) is 33.9 Å². The molecule has 1 aliphatic rings. The molecule has 0 unspecified atom stereocenters. The van der Waals surface area contributed by atoms with Crippen LogP contribution in [0.4, 0.5) is 0 Å². The van der Waals surface area contributed by atoms with Gasteiger partial charge in [0.25, 0.3) is 0 Å². The summed E-state index contributed by atoms with van der Waals surface area (Å²) in [6.07, 6.45) is 2.23. The van der Waals surface area contributed by atoms with Crippen LogP contribution in [0.2, 0.25) is 0 Å². The van der Waals surface area contributed by atoms with Crippen LogP contribution in [0.25, 0.3) is 88.1 Å². The Morgan fingerprint density at radius 1 is 0.465 bits per heavy atom. The highest BCUT2D eigenvalue weighted by Crippen LogP contribution is 2.51. The van der Waals surface area contributed by atoms with Crippen molar-refractivity contribution in [3.63, 3.8) is 0 Å². The fraction of sp³-hybridized carbons (Fsp3) is 0. The minimum atomic E-state index is 0.873. The van der Waals surface area contributed by atoms with Crippen LogP contribution in [0.3, 0.4) is 0 Å². The number of benzene rings is 7. The highest BCUT2D eigenvalue weighted by atomic mass is 15.2. The number of hydrogen-bond acceptors (Lipinski definition) is 1. The highest BCUT2D eigenvalue weighted by molar-refractivity contribution is 6.37. The van der Waals surface area contributed by atoms with Crippen molar-refractivity contribution in [3.05, 3.63) is 146 Å². The summed E-state index contributed by atoms with van der Waals surface area (Å²) in [6.45, 7) is 0. The van der Waals surface area contributed by atoms with Gasteiger partial charge in [-0.05, 0) is 63.4 Å². The Balaban J connectivity index is 1.52. The maximum Gasteiger partial charge on any atom is 0.409 e. The van der Waals surface area contributed by atoms with Crippen molar-refractivity contribution in [1.82, 2.24) is 9.55 Å². The van der Waals surface area contributed by atoms with E-state index in [4.69, 9.17) is 4.98 Å². The number of para-hydroxylation sites is 2. The number of nitrogens with zero attached hydrogens (tertiary/aromatic N) is 3. The van der Waals surface area contributed by atoms with Crippen molar-refractivity contribution in [2.24, 2.45) is 0 Å². The molecule has 0 atom stereocenters. The largest absolute Gasteiger partial charge is 0.409 e. The summed E-state index contributed by atoms with van der Waals surface area (Å²) in [4.78, 5) is 5.42. The van der Waals surface area contributed by atoms with E-state index in [1.807, 2.05) is 0 Å². The Bertz CT molecular complexity index is 2610. The summed E-state index contributed by atoms with van der Waals surface area (Å²) in [5.41, 5.74) is 9.48. The molecule has 0 amide bonds. The molecular weight excluding hydrogens is 522 g/mol. The molecule has 0 spiro atoms. The Morgan fingerprint density at radius 2 is 1.09 bits per heavy atom. The van der Waals surface area contributed by atoms with Gasteiger partial charge < -0.3 is 0 Å². The van der Waals surface area contributed by atoms with E-state index in [0.717, 1.165) is 28.1 Å². The quantitative estimate of drug-likeness (QED) is 0.156. The minimum absolute atomic E-state index is 0.873. The second-order valence-electron chi connectivity index (χ2n) is 11.4. The maximum atomic E-state index is 5.42. The predicted molar refractivity (Wildman–Crippen MR) is 177 cm³/mol. The molecule has 0 radical (unpaired) electrons. The monoisotopic (exact) mass is 546 g/mol. The third kappa shape index (κ3) is 2.98. The van der Waals surface area contributed by atoms with E-state index in [0.29, 0.717) is 0 Å². The average Bonchev–Trinajstić information content (AvgIpc) is 3.37. The molecule has 3 heteroatoms. The lowest BCUT2D eigenvalue weighted by atomic mass is 9.91. The lowest BCUT2D eigenvalue weighted by molar-refractivity contribution is -0.591. The molecule has 0 saturated heterocycles. The highest BCUT2D eigenvalue weighted by Gasteiger charge is 2.31. The molecule has 10 rings (SSSR count). The molecule has 0 N–H and O–H groups in total. The molecule has 1 aliphatic carbocycles. The lowest BCUT2D eigenvalue weighted by Gasteiger charge is -2.14. The van der Waals surface area contributed by atoms with Crippen molar-refractivity contribution in [1.29, 1.82) is 0 Å². The Hall–Kier alpha value is -5.80. The van der Waals surface area contributed by atoms with Crippen LogP contribution in [0.5, 0.6) is 0 Å². The average molecular weight is 547 g/mol.